The van der Waals surface area contributed by atoms with E-state index in [1.807, 2.05) is 25.4 Å². The van der Waals surface area contributed by atoms with Gasteiger partial charge in [0.25, 0.3) is 0 Å². The molecule has 0 aliphatic heterocycles. The van der Waals surface area contributed by atoms with Crippen molar-refractivity contribution in [3.05, 3.63) is 42.0 Å². The van der Waals surface area contributed by atoms with Gasteiger partial charge in [0.05, 0.1) is 5.69 Å². The fourth-order valence-corrected chi connectivity index (χ4v) is 1.73. The van der Waals surface area contributed by atoms with E-state index in [9.17, 15) is 0 Å². The Hall–Kier alpha value is -1.79. The highest BCUT2D eigenvalue weighted by atomic mass is 15.4. The summed E-state index contributed by atoms with van der Waals surface area (Å²) >= 11 is 0. The highest BCUT2D eigenvalue weighted by Gasteiger charge is 2.10. The number of nitrogens with two attached hydrogens (primary N) is 1. The summed E-state index contributed by atoms with van der Waals surface area (Å²) in [6.45, 7) is 0. The largest absolute Gasteiger partial charge is 0.271 e. The second-order valence-corrected chi connectivity index (χ2v) is 4.01. The van der Waals surface area contributed by atoms with E-state index in [1.54, 1.807) is 17.1 Å². The molecule has 0 aromatic carbocycles. The van der Waals surface area contributed by atoms with Gasteiger partial charge in [0.2, 0.25) is 0 Å². The number of hydrazine groups is 1. The number of rotatable bonds is 5. The van der Waals surface area contributed by atoms with Gasteiger partial charge in [-0.25, -0.2) is 0 Å². The van der Waals surface area contributed by atoms with Gasteiger partial charge in [-0.3, -0.25) is 20.9 Å². The Morgan fingerprint density at radius 3 is 2.71 bits per heavy atom. The molecule has 3 N–H and O–H groups in total. The van der Waals surface area contributed by atoms with Gasteiger partial charge in [0.15, 0.2) is 0 Å². The molecule has 0 aliphatic carbocycles. The molecule has 2 aromatic heterocycles. The SMILES string of the molecule is Cn1cc(CC(Cc2ccncc2)NN)nn1. The average molecular weight is 232 g/mol. The maximum absolute atomic E-state index is 5.55. The normalized spacial score (nSPS) is 12.6. The van der Waals surface area contributed by atoms with E-state index in [-0.39, 0.29) is 6.04 Å². The second-order valence-electron chi connectivity index (χ2n) is 4.01. The first-order valence-electron chi connectivity index (χ1n) is 5.48. The fourth-order valence-electron chi connectivity index (χ4n) is 1.73. The first kappa shape index (κ1) is 11.7. The van der Waals surface area contributed by atoms with Crippen LogP contribution in [0.3, 0.4) is 0 Å². The topological polar surface area (TPSA) is 81.7 Å². The van der Waals surface area contributed by atoms with Crippen molar-refractivity contribution < 1.29 is 0 Å². The molecule has 0 spiro atoms. The summed E-state index contributed by atoms with van der Waals surface area (Å²) in [6, 6.07) is 4.12. The number of hydrogen-bond donors (Lipinski definition) is 2. The standard InChI is InChI=1S/C11H16N6/c1-17-8-11(15-16-17)7-10(14-12)6-9-2-4-13-5-3-9/h2-5,8,10,14H,6-7,12H2,1H3. The Kier molecular flexibility index (Phi) is 3.79. The predicted octanol–water partition coefficient (Wildman–Crippen LogP) is -0.173. The quantitative estimate of drug-likeness (QED) is 0.552. The lowest BCUT2D eigenvalue weighted by atomic mass is 10.0. The maximum atomic E-state index is 5.55. The van der Waals surface area contributed by atoms with Gasteiger partial charge in [-0.2, -0.15) is 0 Å². The molecule has 6 heteroatoms. The summed E-state index contributed by atoms with van der Waals surface area (Å²) in [5, 5.41) is 7.95. The van der Waals surface area contributed by atoms with Crippen LogP contribution >= 0.6 is 0 Å². The molecule has 0 radical (unpaired) electrons. The third-order valence-corrected chi connectivity index (χ3v) is 2.57. The summed E-state index contributed by atoms with van der Waals surface area (Å²) in [7, 11) is 1.85. The minimum atomic E-state index is 0.147. The molecule has 0 fully saturated rings. The Morgan fingerprint density at radius 1 is 1.35 bits per heavy atom. The van der Waals surface area contributed by atoms with Crippen LogP contribution in [0.4, 0.5) is 0 Å². The van der Waals surface area contributed by atoms with E-state index in [2.05, 4.69) is 20.7 Å². The molecule has 2 aromatic rings. The Morgan fingerprint density at radius 2 is 2.12 bits per heavy atom. The molecule has 6 nitrogen and oxygen atoms in total. The van der Waals surface area contributed by atoms with Gasteiger partial charge in [0.1, 0.15) is 0 Å². The van der Waals surface area contributed by atoms with Crippen LogP contribution in [0, 0.1) is 0 Å². The highest BCUT2D eigenvalue weighted by molar-refractivity contribution is 5.12. The van der Waals surface area contributed by atoms with Crippen molar-refractivity contribution in [3.8, 4) is 0 Å². The average Bonchev–Trinajstić information content (AvgIpc) is 2.75. The number of nitrogens with one attached hydrogen (secondary N) is 1. The maximum Gasteiger partial charge on any atom is 0.0843 e. The van der Waals surface area contributed by atoms with Gasteiger partial charge in [-0.05, 0) is 24.1 Å². The first-order valence-corrected chi connectivity index (χ1v) is 5.48. The lowest BCUT2D eigenvalue weighted by Crippen LogP contribution is -2.38. The van der Waals surface area contributed by atoms with Gasteiger partial charge in [0, 0.05) is 38.1 Å². The second kappa shape index (κ2) is 5.51. The number of hydrogen-bond acceptors (Lipinski definition) is 5. The molecule has 0 aliphatic rings. The molecule has 0 bridgehead atoms. The summed E-state index contributed by atoms with van der Waals surface area (Å²) in [6.07, 6.45) is 7.07. The molecular formula is C11H16N6. The van der Waals surface area contributed by atoms with E-state index >= 15 is 0 Å². The highest BCUT2D eigenvalue weighted by Crippen LogP contribution is 2.05. The first-order chi connectivity index (χ1) is 8.28. The molecule has 0 saturated carbocycles. The summed E-state index contributed by atoms with van der Waals surface area (Å²) < 4.78 is 1.69. The Labute approximate surface area is 99.8 Å². The molecule has 1 unspecified atom stereocenters. The molecule has 2 heterocycles. The van der Waals surface area contributed by atoms with Crippen molar-refractivity contribution >= 4 is 0 Å². The third-order valence-electron chi connectivity index (χ3n) is 2.57. The lowest BCUT2D eigenvalue weighted by molar-refractivity contribution is 0.517. The Balaban J connectivity index is 1.98. The lowest BCUT2D eigenvalue weighted by Gasteiger charge is -2.14. The summed E-state index contributed by atoms with van der Waals surface area (Å²) in [4.78, 5) is 3.99. The van der Waals surface area contributed by atoms with Crippen LogP contribution in [0.15, 0.2) is 30.7 Å². The molecule has 1 atom stereocenters. The zero-order valence-corrected chi connectivity index (χ0v) is 9.74. The van der Waals surface area contributed by atoms with Crippen LogP contribution in [0.1, 0.15) is 11.3 Å². The van der Waals surface area contributed by atoms with Crippen LogP contribution in [0.25, 0.3) is 0 Å². The van der Waals surface area contributed by atoms with Crippen LogP contribution in [0.2, 0.25) is 0 Å². The molecule has 0 saturated heterocycles. The van der Waals surface area contributed by atoms with Crippen LogP contribution in [-0.4, -0.2) is 26.0 Å². The zero-order chi connectivity index (χ0) is 12.1. The van der Waals surface area contributed by atoms with E-state index in [0.29, 0.717) is 0 Å². The molecule has 2 rings (SSSR count). The summed E-state index contributed by atoms with van der Waals surface area (Å²) in [5.41, 5.74) is 4.95. The van der Waals surface area contributed by atoms with Crippen molar-refractivity contribution in [3.63, 3.8) is 0 Å². The zero-order valence-electron chi connectivity index (χ0n) is 9.74. The molecular weight excluding hydrogens is 216 g/mol. The minimum Gasteiger partial charge on any atom is -0.271 e. The van der Waals surface area contributed by atoms with Crippen molar-refractivity contribution in [2.24, 2.45) is 12.9 Å². The van der Waals surface area contributed by atoms with Crippen LogP contribution in [0.5, 0.6) is 0 Å². The monoisotopic (exact) mass is 232 g/mol. The van der Waals surface area contributed by atoms with Crippen molar-refractivity contribution in [1.29, 1.82) is 0 Å². The van der Waals surface area contributed by atoms with Gasteiger partial charge in [-0.15, -0.1) is 5.10 Å². The fraction of sp³-hybridized carbons (Fsp3) is 0.364. The predicted molar refractivity (Wildman–Crippen MR) is 63.8 cm³/mol. The summed E-state index contributed by atoms with van der Waals surface area (Å²) in [5.74, 6) is 5.55. The van der Waals surface area contributed by atoms with Crippen molar-refractivity contribution in [2.75, 3.05) is 0 Å². The number of aryl methyl sites for hydroxylation is 1. The molecule has 0 amide bonds. The Bertz CT molecular complexity index is 452. The van der Waals surface area contributed by atoms with E-state index in [1.165, 1.54) is 5.56 Å². The smallest absolute Gasteiger partial charge is 0.0843 e. The third kappa shape index (κ3) is 3.33. The minimum absolute atomic E-state index is 0.147. The number of nitrogens with zero attached hydrogens (tertiary/aromatic N) is 4. The number of pyridine rings is 1. The van der Waals surface area contributed by atoms with Crippen LogP contribution in [-0.2, 0) is 19.9 Å². The van der Waals surface area contributed by atoms with E-state index in [4.69, 9.17) is 5.84 Å². The van der Waals surface area contributed by atoms with Crippen molar-refractivity contribution in [2.45, 2.75) is 18.9 Å². The van der Waals surface area contributed by atoms with Gasteiger partial charge >= 0.3 is 0 Å². The van der Waals surface area contributed by atoms with Gasteiger partial charge in [-0.1, -0.05) is 5.21 Å². The molecule has 90 valence electrons. The van der Waals surface area contributed by atoms with Gasteiger partial charge < -0.3 is 0 Å². The number of aromatic nitrogens is 4. The molecule has 17 heavy (non-hydrogen) atoms. The van der Waals surface area contributed by atoms with Crippen LogP contribution < -0.4 is 11.3 Å². The van der Waals surface area contributed by atoms with E-state index in [0.717, 1.165) is 18.5 Å². The van der Waals surface area contributed by atoms with E-state index < -0.39 is 0 Å². The van der Waals surface area contributed by atoms with Crippen molar-refractivity contribution in [1.82, 2.24) is 25.4 Å².